The summed E-state index contributed by atoms with van der Waals surface area (Å²) in [5.74, 6) is 0. The van der Waals surface area contributed by atoms with Crippen molar-refractivity contribution >= 4 is 6.41 Å². The molecule has 0 saturated carbocycles. The minimum atomic E-state index is 0.624. The number of ether oxygens (including phenoxy) is 1. The van der Waals surface area contributed by atoms with Crippen LogP contribution < -0.4 is 5.32 Å². The average molecular weight is 171 g/mol. The van der Waals surface area contributed by atoms with Crippen LogP contribution in [0.2, 0.25) is 0 Å². The fraction of sp³-hybridized carbons (Fsp3) is 0.875. The molecule has 1 fully saturated rings. The Labute approximate surface area is 72.9 Å². The zero-order valence-electron chi connectivity index (χ0n) is 7.24. The Morgan fingerprint density at radius 3 is 2.83 bits per heavy atom. The average Bonchev–Trinajstić information content (AvgIpc) is 2.14. The highest BCUT2D eigenvalue weighted by molar-refractivity contribution is 5.45. The Hall–Kier alpha value is -0.610. The molecule has 0 bridgehead atoms. The number of morpholine rings is 1. The third kappa shape index (κ3) is 3.69. The number of amides is 1. The Morgan fingerprint density at radius 2 is 2.17 bits per heavy atom. The lowest BCUT2D eigenvalue weighted by Crippen LogP contribution is -2.37. The molecule has 0 spiro atoms. The van der Waals surface area contributed by atoms with Gasteiger partial charge in [0.05, 0.1) is 13.2 Å². The van der Waals surface area contributed by atoms with Crippen molar-refractivity contribution in [3.05, 3.63) is 0 Å². The van der Waals surface area contributed by atoms with Gasteiger partial charge < -0.3 is 4.74 Å². The van der Waals surface area contributed by atoms with Crippen molar-refractivity contribution in [2.45, 2.75) is 6.42 Å². The van der Waals surface area contributed by atoms with Gasteiger partial charge in [-0.2, -0.15) is 0 Å². The van der Waals surface area contributed by atoms with Gasteiger partial charge in [0.2, 0.25) is 6.41 Å². The minimum Gasteiger partial charge on any atom is -0.379 e. The van der Waals surface area contributed by atoms with Crippen LogP contribution >= 0.6 is 0 Å². The van der Waals surface area contributed by atoms with Crippen LogP contribution in [0, 0.1) is 0 Å². The molecule has 1 amide bonds. The topological polar surface area (TPSA) is 43.6 Å². The van der Waals surface area contributed by atoms with Gasteiger partial charge in [0.15, 0.2) is 0 Å². The maximum Gasteiger partial charge on any atom is 0.228 e. The number of rotatable bonds is 5. The van der Waals surface area contributed by atoms with E-state index in [0.29, 0.717) is 13.0 Å². The van der Waals surface area contributed by atoms with Gasteiger partial charge in [0, 0.05) is 26.2 Å². The number of carbonyl (C=O) groups excluding carboxylic acids is 1. The van der Waals surface area contributed by atoms with Crippen LogP contribution in [0.25, 0.3) is 0 Å². The van der Waals surface area contributed by atoms with Gasteiger partial charge in [-0.05, 0) is 6.42 Å². The number of hydrogen-bond donors (Lipinski definition) is 0. The van der Waals surface area contributed by atoms with E-state index in [0.717, 1.165) is 39.3 Å². The fourth-order valence-corrected chi connectivity index (χ4v) is 1.26. The minimum absolute atomic E-state index is 0.624. The first-order valence-corrected chi connectivity index (χ1v) is 4.34. The van der Waals surface area contributed by atoms with Gasteiger partial charge in [-0.3, -0.25) is 15.0 Å². The summed E-state index contributed by atoms with van der Waals surface area (Å²) in [6.07, 6.45) is 1.60. The molecule has 1 aliphatic rings. The second kappa shape index (κ2) is 5.97. The third-order valence-electron chi connectivity index (χ3n) is 1.94. The van der Waals surface area contributed by atoms with Crippen LogP contribution in [0.15, 0.2) is 0 Å². The Morgan fingerprint density at radius 1 is 1.42 bits per heavy atom. The molecule has 0 N–H and O–H groups in total. The van der Waals surface area contributed by atoms with E-state index in [1.165, 1.54) is 0 Å². The number of carbonyl (C=O) groups is 1. The normalized spacial score (nSPS) is 19.0. The molecule has 0 atom stereocenters. The molecule has 0 unspecified atom stereocenters. The van der Waals surface area contributed by atoms with E-state index in [-0.39, 0.29) is 0 Å². The maximum absolute atomic E-state index is 9.86. The molecule has 4 nitrogen and oxygen atoms in total. The predicted molar refractivity (Wildman–Crippen MR) is 44.9 cm³/mol. The van der Waals surface area contributed by atoms with E-state index >= 15 is 0 Å². The molecule has 12 heavy (non-hydrogen) atoms. The first-order valence-electron chi connectivity index (χ1n) is 4.34. The highest BCUT2D eigenvalue weighted by Gasteiger charge is 2.08. The number of nitrogens with zero attached hydrogens (tertiary/aromatic N) is 2. The van der Waals surface area contributed by atoms with E-state index < -0.39 is 0 Å². The molecule has 0 aromatic carbocycles. The van der Waals surface area contributed by atoms with E-state index in [4.69, 9.17) is 4.74 Å². The van der Waals surface area contributed by atoms with E-state index in [1.807, 2.05) is 0 Å². The first-order chi connectivity index (χ1) is 5.93. The SMILES string of the molecule is O=C[N]CCCN1CCOCC1. The summed E-state index contributed by atoms with van der Waals surface area (Å²) in [5.41, 5.74) is 0. The predicted octanol–water partition coefficient (Wildman–Crippen LogP) is -0.530. The standard InChI is InChI=1S/C8H15N2O2/c11-8-9-2-1-3-10-4-6-12-7-5-10/h8H,1-7H2. The summed E-state index contributed by atoms with van der Waals surface area (Å²) in [4.78, 5) is 12.2. The highest BCUT2D eigenvalue weighted by atomic mass is 16.5. The molecule has 0 aromatic heterocycles. The van der Waals surface area contributed by atoms with E-state index in [9.17, 15) is 4.79 Å². The molecule has 1 saturated heterocycles. The first kappa shape index (κ1) is 9.48. The van der Waals surface area contributed by atoms with Crippen LogP contribution in [0.1, 0.15) is 6.42 Å². The second-order valence-corrected chi connectivity index (χ2v) is 2.82. The van der Waals surface area contributed by atoms with Crippen molar-refractivity contribution in [3.8, 4) is 0 Å². The van der Waals surface area contributed by atoms with Crippen molar-refractivity contribution in [1.29, 1.82) is 0 Å². The largest absolute Gasteiger partial charge is 0.379 e. The van der Waals surface area contributed by atoms with Gasteiger partial charge in [-0.1, -0.05) is 0 Å². The molecular weight excluding hydrogens is 156 g/mol. The summed E-state index contributed by atoms with van der Waals surface area (Å²) in [6, 6.07) is 0. The van der Waals surface area contributed by atoms with Crippen LogP contribution in [0.5, 0.6) is 0 Å². The molecule has 4 heteroatoms. The van der Waals surface area contributed by atoms with Crippen LogP contribution in [-0.4, -0.2) is 50.7 Å². The third-order valence-corrected chi connectivity index (χ3v) is 1.94. The molecule has 0 aliphatic carbocycles. The summed E-state index contributed by atoms with van der Waals surface area (Å²) >= 11 is 0. The van der Waals surface area contributed by atoms with Crippen LogP contribution in [0.3, 0.4) is 0 Å². The van der Waals surface area contributed by atoms with Gasteiger partial charge in [-0.25, -0.2) is 0 Å². The molecule has 1 heterocycles. The second-order valence-electron chi connectivity index (χ2n) is 2.82. The monoisotopic (exact) mass is 171 g/mol. The molecule has 1 aliphatic heterocycles. The smallest absolute Gasteiger partial charge is 0.228 e. The lowest BCUT2D eigenvalue weighted by Gasteiger charge is -2.26. The summed E-state index contributed by atoms with van der Waals surface area (Å²) in [7, 11) is 0. The van der Waals surface area contributed by atoms with E-state index in [2.05, 4.69) is 10.2 Å². The van der Waals surface area contributed by atoms with Crippen molar-refractivity contribution in [3.63, 3.8) is 0 Å². The fourth-order valence-electron chi connectivity index (χ4n) is 1.26. The van der Waals surface area contributed by atoms with Gasteiger partial charge >= 0.3 is 0 Å². The van der Waals surface area contributed by atoms with Gasteiger partial charge in [0.25, 0.3) is 0 Å². The Balaban J connectivity index is 1.94. The van der Waals surface area contributed by atoms with Crippen molar-refractivity contribution in [2.24, 2.45) is 0 Å². The van der Waals surface area contributed by atoms with E-state index in [1.54, 1.807) is 0 Å². The maximum atomic E-state index is 9.86. The van der Waals surface area contributed by atoms with Crippen LogP contribution in [-0.2, 0) is 9.53 Å². The summed E-state index contributed by atoms with van der Waals surface area (Å²) in [5, 5.41) is 3.62. The van der Waals surface area contributed by atoms with Crippen molar-refractivity contribution < 1.29 is 9.53 Å². The zero-order valence-corrected chi connectivity index (χ0v) is 7.24. The molecule has 0 aromatic rings. The van der Waals surface area contributed by atoms with Gasteiger partial charge in [0.1, 0.15) is 0 Å². The Bertz CT molecular complexity index is 124. The van der Waals surface area contributed by atoms with Crippen molar-refractivity contribution in [2.75, 3.05) is 39.4 Å². The highest BCUT2D eigenvalue weighted by Crippen LogP contribution is 1.96. The van der Waals surface area contributed by atoms with Crippen LogP contribution in [0.4, 0.5) is 0 Å². The summed E-state index contributed by atoms with van der Waals surface area (Å²) in [6.45, 7) is 5.39. The summed E-state index contributed by atoms with van der Waals surface area (Å²) < 4.78 is 5.21. The molecule has 69 valence electrons. The molecular formula is C8H15N2O2. The zero-order chi connectivity index (χ0) is 8.65. The quantitative estimate of drug-likeness (QED) is 0.412. The van der Waals surface area contributed by atoms with Crippen molar-refractivity contribution in [1.82, 2.24) is 10.2 Å². The number of hydrogen-bond acceptors (Lipinski definition) is 3. The van der Waals surface area contributed by atoms with Gasteiger partial charge in [-0.15, -0.1) is 0 Å². The molecule has 1 rings (SSSR count). The lowest BCUT2D eigenvalue weighted by atomic mass is 10.3. The lowest BCUT2D eigenvalue weighted by molar-refractivity contribution is -0.109. The Kier molecular flexibility index (Phi) is 4.71. The molecule has 1 radical (unpaired) electrons.